The molecule has 0 bridgehead atoms. The van der Waals surface area contributed by atoms with Crippen LogP contribution in [0.1, 0.15) is 10.6 Å². The summed E-state index contributed by atoms with van der Waals surface area (Å²) < 4.78 is 1.07. The first kappa shape index (κ1) is 13.3. The van der Waals surface area contributed by atoms with Crippen LogP contribution in [0, 0.1) is 0 Å². The molecule has 0 saturated heterocycles. The van der Waals surface area contributed by atoms with Gasteiger partial charge in [-0.05, 0) is 23.8 Å². The van der Waals surface area contributed by atoms with Gasteiger partial charge in [0.05, 0.1) is 10.7 Å². The maximum Gasteiger partial charge on any atom is 0.0976 e. The topological polar surface area (TPSA) is 38.9 Å². The van der Waals surface area contributed by atoms with Gasteiger partial charge >= 0.3 is 0 Å². The van der Waals surface area contributed by atoms with E-state index in [2.05, 4.69) is 39.5 Å². The number of aromatic nitrogens is 1. The summed E-state index contributed by atoms with van der Waals surface area (Å²) in [4.78, 5) is 4.72. The van der Waals surface area contributed by atoms with Crippen molar-refractivity contribution in [3.8, 4) is 11.3 Å². The van der Waals surface area contributed by atoms with E-state index in [-0.39, 0.29) is 0 Å². The van der Waals surface area contributed by atoms with Crippen LogP contribution in [0.3, 0.4) is 0 Å². The van der Waals surface area contributed by atoms with E-state index in [0.717, 1.165) is 32.8 Å². The van der Waals surface area contributed by atoms with E-state index in [1.807, 2.05) is 30.3 Å². The highest BCUT2D eigenvalue weighted by molar-refractivity contribution is 9.10. The van der Waals surface area contributed by atoms with E-state index in [1.54, 1.807) is 11.3 Å². The molecule has 0 radical (unpaired) electrons. The van der Waals surface area contributed by atoms with Gasteiger partial charge in [0.1, 0.15) is 0 Å². The van der Waals surface area contributed by atoms with Gasteiger partial charge in [0.25, 0.3) is 0 Å². The van der Waals surface area contributed by atoms with E-state index in [9.17, 15) is 0 Å². The lowest BCUT2D eigenvalue weighted by atomic mass is 10.1. The van der Waals surface area contributed by atoms with Crippen molar-refractivity contribution in [2.45, 2.75) is 6.42 Å². The monoisotopic (exact) mass is 344 g/mol. The molecule has 1 heterocycles. The first-order chi connectivity index (χ1) is 9.72. The van der Waals surface area contributed by atoms with Crippen LogP contribution in [-0.4, -0.2) is 4.98 Å². The number of anilines is 1. The van der Waals surface area contributed by atoms with Crippen molar-refractivity contribution in [2.24, 2.45) is 0 Å². The molecule has 2 aromatic carbocycles. The number of nitrogens with two attached hydrogens (primary N) is 1. The number of halogens is 1. The van der Waals surface area contributed by atoms with E-state index < -0.39 is 0 Å². The van der Waals surface area contributed by atoms with Crippen molar-refractivity contribution < 1.29 is 0 Å². The summed E-state index contributed by atoms with van der Waals surface area (Å²) in [7, 11) is 0. The zero-order valence-corrected chi connectivity index (χ0v) is 13.1. The molecular formula is C16H13BrN2S. The molecule has 0 amide bonds. The third-order valence-electron chi connectivity index (χ3n) is 3.04. The number of rotatable bonds is 3. The lowest BCUT2D eigenvalue weighted by molar-refractivity contribution is 1.14. The highest BCUT2D eigenvalue weighted by Crippen LogP contribution is 2.29. The predicted molar refractivity (Wildman–Crippen MR) is 88.9 cm³/mol. The Labute approximate surface area is 130 Å². The Morgan fingerprint density at radius 2 is 1.80 bits per heavy atom. The van der Waals surface area contributed by atoms with Crippen LogP contribution < -0.4 is 5.73 Å². The minimum atomic E-state index is 0.793. The van der Waals surface area contributed by atoms with Gasteiger partial charge in [0.15, 0.2) is 0 Å². The molecule has 0 fully saturated rings. The third-order valence-corrected chi connectivity index (χ3v) is 4.58. The maximum atomic E-state index is 5.70. The van der Waals surface area contributed by atoms with Gasteiger partial charge in [-0.15, -0.1) is 11.3 Å². The van der Waals surface area contributed by atoms with E-state index in [0.29, 0.717) is 0 Å². The highest BCUT2D eigenvalue weighted by atomic mass is 79.9. The number of nitrogen functional groups attached to an aromatic ring is 1. The minimum absolute atomic E-state index is 0.793. The molecule has 0 atom stereocenters. The molecule has 2 N–H and O–H groups in total. The fraction of sp³-hybridized carbons (Fsp3) is 0.0625. The highest BCUT2D eigenvalue weighted by Gasteiger charge is 2.08. The maximum absolute atomic E-state index is 5.70. The molecule has 3 rings (SSSR count). The molecule has 0 aliphatic carbocycles. The number of hydrogen-bond donors (Lipinski definition) is 1. The number of thiazole rings is 1. The summed E-state index contributed by atoms with van der Waals surface area (Å²) in [6.45, 7) is 0. The quantitative estimate of drug-likeness (QED) is 0.696. The molecule has 3 aromatic rings. The molecule has 0 aliphatic heterocycles. The Balaban J connectivity index is 1.84. The van der Waals surface area contributed by atoms with E-state index in [1.165, 1.54) is 5.56 Å². The zero-order valence-electron chi connectivity index (χ0n) is 10.7. The molecule has 1 aromatic heterocycles. The summed E-state index contributed by atoms with van der Waals surface area (Å²) in [6, 6.07) is 16.1. The second-order valence-corrected chi connectivity index (χ2v) is 6.32. The Kier molecular flexibility index (Phi) is 3.85. The van der Waals surface area contributed by atoms with Crippen LogP contribution in [0.2, 0.25) is 0 Å². The van der Waals surface area contributed by atoms with Crippen molar-refractivity contribution in [1.29, 1.82) is 0 Å². The minimum Gasteiger partial charge on any atom is -0.399 e. The average molecular weight is 345 g/mol. The normalized spacial score (nSPS) is 10.7. The van der Waals surface area contributed by atoms with Gasteiger partial charge in [-0.1, -0.05) is 46.3 Å². The summed E-state index contributed by atoms with van der Waals surface area (Å²) in [6.07, 6.45) is 0.843. The first-order valence-electron chi connectivity index (χ1n) is 6.26. The standard InChI is InChI=1S/C16H13BrN2S/c17-14-4-2-1-3-13(14)15-10-20-16(19-15)9-11-5-7-12(18)8-6-11/h1-8,10H,9,18H2. The van der Waals surface area contributed by atoms with Crippen LogP contribution in [0.15, 0.2) is 58.4 Å². The zero-order chi connectivity index (χ0) is 13.9. The van der Waals surface area contributed by atoms with Gasteiger partial charge in [0, 0.05) is 27.5 Å². The predicted octanol–water partition coefficient (Wildman–Crippen LogP) is 4.75. The fourth-order valence-electron chi connectivity index (χ4n) is 1.99. The van der Waals surface area contributed by atoms with Crippen molar-refractivity contribution in [2.75, 3.05) is 5.73 Å². The van der Waals surface area contributed by atoms with Gasteiger partial charge in [0.2, 0.25) is 0 Å². The Morgan fingerprint density at radius 3 is 2.55 bits per heavy atom. The van der Waals surface area contributed by atoms with E-state index in [4.69, 9.17) is 10.7 Å². The molecule has 0 unspecified atom stereocenters. The molecule has 0 saturated carbocycles. The lowest BCUT2D eigenvalue weighted by Crippen LogP contribution is -1.89. The largest absolute Gasteiger partial charge is 0.399 e. The average Bonchev–Trinajstić information content (AvgIpc) is 2.90. The van der Waals surface area contributed by atoms with Crippen LogP contribution in [-0.2, 0) is 6.42 Å². The summed E-state index contributed by atoms with van der Waals surface area (Å²) in [5.74, 6) is 0. The molecule has 4 heteroatoms. The van der Waals surface area contributed by atoms with Crippen LogP contribution >= 0.6 is 27.3 Å². The summed E-state index contributed by atoms with van der Waals surface area (Å²) in [5.41, 5.74) is 9.87. The van der Waals surface area contributed by atoms with Gasteiger partial charge in [-0.25, -0.2) is 4.98 Å². The second-order valence-electron chi connectivity index (χ2n) is 4.52. The van der Waals surface area contributed by atoms with Gasteiger partial charge < -0.3 is 5.73 Å². The molecule has 100 valence electrons. The molecule has 20 heavy (non-hydrogen) atoms. The Bertz CT molecular complexity index is 719. The number of nitrogens with zero attached hydrogens (tertiary/aromatic N) is 1. The fourth-order valence-corrected chi connectivity index (χ4v) is 3.31. The number of benzene rings is 2. The van der Waals surface area contributed by atoms with Crippen LogP contribution in [0.25, 0.3) is 11.3 Å². The van der Waals surface area contributed by atoms with Gasteiger partial charge in [-0.3, -0.25) is 0 Å². The Morgan fingerprint density at radius 1 is 1.05 bits per heavy atom. The van der Waals surface area contributed by atoms with Crippen molar-refractivity contribution in [3.63, 3.8) is 0 Å². The lowest BCUT2D eigenvalue weighted by Gasteiger charge is -2.00. The third kappa shape index (κ3) is 2.92. The van der Waals surface area contributed by atoms with Gasteiger partial charge in [-0.2, -0.15) is 0 Å². The second kappa shape index (κ2) is 5.77. The molecule has 0 aliphatic rings. The molecule has 2 nitrogen and oxygen atoms in total. The van der Waals surface area contributed by atoms with Crippen LogP contribution in [0.4, 0.5) is 5.69 Å². The first-order valence-corrected chi connectivity index (χ1v) is 7.93. The summed E-state index contributed by atoms with van der Waals surface area (Å²) >= 11 is 5.26. The number of hydrogen-bond acceptors (Lipinski definition) is 3. The van der Waals surface area contributed by atoms with E-state index >= 15 is 0 Å². The smallest absolute Gasteiger partial charge is 0.0976 e. The van der Waals surface area contributed by atoms with Crippen molar-refractivity contribution in [3.05, 3.63) is 69.0 Å². The van der Waals surface area contributed by atoms with Crippen molar-refractivity contribution >= 4 is 33.0 Å². The SMILES string of the molecule is Nc1ccc(Cc2nc(-c3ccccc3Br)cs2)cc1. The van der Waals surface area contributed by atoms with Crippen LogP contribution in [0.5, 0.6) is 0 Å². The Hall–Kier alpha value is -1.65. The van der Waals surface area contributed by atoms with Crippen molar-refractivity contribution in [1.82, 2.24) is 4.98 Å². The molecular weight excluding hydrogens is 332 g/mol. The summed E-state index contributed by atoms with van der Waals surface area (Å²) in [5, 5.41) is 3.22. The molecule has 0 spiro atoms.